The third-order valence-electron chi connectivity index (χ3n) is 3.26. The summed E-state index contributed by atoms with van der Waals surface area (Å²) in [6, 6.07) is 2.10. The van der Waals surface area contributed by atoms with E-state index in [2.05, 4.69) is 0 Å². The number of nitrogens with two attached hydrogens (primary N) is 1. The van der Waals surface area contributed by atoms with Gasteiger partial charge in [-0.25, -0.2) is 8.78 Å². The van der Waals surface area contributed by atoms with Crippen molar-refractivity contribution in [3.8, 4) is 0 Å². The number of hydrogen-bond acceptors (Lipinski definition) is 3. The summed E-state index contributed by atoms with van der Waals surface area (Å²) in [6.07, 6.45) is 1.95. The second-order valence-corrected chi connectivity index (χ2v) is 4.46. The van der Waals surface area contributed by atoms with E-state index in [1.165, 1.54) is 6.07 Å². The minimum absolute atomic E-state index is 0.0197. The molecule has 1 aliphatic rings. The Morgan fingerprint density at radius 3 is 2.61 bits per heavy atom. The Balaban J connectivity index is 2.10. The number of nitrogen functional groups attached to an aromatic ring is 1. The number of benzene rings is 1. The second kappa shape index (κ2) is 5.52. The van der Waals surface area contributed by atoms with Gasteiger partial charge in [0.25, 0.3) is 0 Å². The van der Waals surface area contributed by atoms with E-state index in [0.717, 1.165) is 18.9 Å². The minimum Gasteiger partial charge on any atom is -0.395 e. The van der Waals surface area contributed by atoms with Gasteiger partial charge in [-0.1, -0.05) is 0 Å². The quantitative estimate of drug-likeness (QED) is 0.845. The van der Waals surface area contributed by atoms with Crippen LogP contribution in [0.15, 0.2) is 12.1 Å². The smallest absolute Gasteiger partial charge is 0.151 e. The first-order chi connectivity index (χ1) is 8.61. The maximum atomic E-state index is 13.4. The van der Waals surface area contributed by atoms with Gasteiger partial charge in [0.05, 0.1) is 17.5 Å². The van der Waals surface area contributed by atoms with Gasteiger partial charge in [0.15, 0.2) is 5.82 Å². The van der Waals surface area contributed by atoms with E-state index < -0.39 is 11.6 Å². The van der Waals surface area contributed by atoms with Gasteiger partial charge in [0, 0.05) is 25.8 Å². The monoisotopic (exact) mass is 256 g/mol. The van der Waals surface area contributed by atoms with E-state index in [9.17, 15) is 8.78 Å². The molecule has 100 valence electrons. The molecule has 0 radical (unpaired) electrons. The van der Waals surface area contributed by atoms with Gasteiger partial charge in [-0.2, -0.15) is 0 Å². The van der Waals surface area contributed by atoms with Crippen LogP contribution in [0.1, 0.15) is 19.8 Å². The Morgan fingerprint density at radius 1 is 1.33 bits per heavy atom. The van der Waals surface area contributed by atoms with Crippen LogP contribution >= 0.6 is 0 Å². The molecule has 0 spiro atoms. The molecule has 1 aromatic rings. The van der Waals surface area contributed by atoms with Crippen LogP contribution in [0.2, 0.25) is 0 Å². The van der Waals surface area contributed by atoms with Crippen LogP contribution in [-0.2, 0) is 4.74 Å². The SMILES string of the molecule is CCOC1CCN(c2cc(F)cc(F)c2N)CC1. The van der Waals surface area contributed by atoms with Crippen molar-refractivity contribution < 1.29 is 13.5 Å². The third-order valence-corrected chi connectivity index (χ3v) is 3.26. The van der Waals surface area contributed by atoms with E-state index in [-0.39, 0.29) is 11.8 Å². The lowest BCUT2D eigenvalue weighted by Crippen LogP contribution is -2.37. The lowest BCUT2D eigenvalue weighted by atomic mass is 10.1. The molecule has 1 heterocycles. The van der Waals surface area contributed by atoms with Gasteiger partial charge in [0.2, 0.25) is 0 Å². The Labute approximate surface area is 106 Å². The number of rotatable bonds is 3. The van der Waals surface area contributed by atoms with E-state index in [4.69, 9.17) is 10.5 Å². The van der Waals surface area contributed by atoms with Crippen molar-refractivity contribution in [2.45, 2.75) is 25.9 Å². The highest BCUT2D eigenvalue weighted by Crippen LogP contribution is 2.30. The molecule has 0 aromatic heterocycles. The van der Waals surface area contributed by atoms with Crippen molar-refractivity contribution in [3.63, 3.8) is 0 Å². The van der Waals surface area contributed by atoms with E-state index in [0.29, 0.717) is 25.4 Å². The first-order valence-electron chi connectivity index (χ1n) is 6.23. The summed E-state index contributed by atoms with van der Waals surface area (Å²) in [5.41, 5.74) is 6.13. The molecule has 0 bridgehead atoms. The Bertz CT molecular complexity index is 418. The van der Waals surface area contributed by atoms with Crippen LogP contribution in [-0.4, -0.2) is 25.8 Å². The highest BCUT2D eigenvalue weighted by molar-refractivity contribution is 5.68. The molecule has 2 N–H and O–H groups in total. The van der Waals surface area contributed by atoms with Gasteiger partial charge in [0.1, 0.15) is 5.82 Å². The Kier molecular flexibility index (Phi) is 4.01. The first-order valence-corrected chi connectivity index (χ1v) is 6.23. The molecule has 0 unspecified atom stereocenters. The standard InChI is InChI=1S/C13H18F2N2O/c1-2-18-10-3-5-17(6-4-10)12-8-9(14)7-11(15)13(12)16/h7-8,10H,2-6,16H2,1H3. The second-order valence-electron chi connectivity index (χ2n) is 4.46. The molecule has 0 amide bonds. The zero-order valence-electron chi connectivity index (χ0n) is 10.5. The molecule has 5 heteroatoms. The van der Waals surface area contributed by atoms with Crippen molar-refractivity contribution in [1.82, 2.24) is 0 Å². The molecule has 0 atom stereocenters. The molecule has 1 aromatic carbocycles. The molecule has 1 aliphatic heterocycles. The summed E-state index contributed by atoms with van der Waals surface area (Å²) in [5.74, 6) is -1.29. The average Bonchev–Trinajstić information content (AvgIpc) is 2.35. The fraction of sp³-hybridized carbons (Fsp3) is 0.538. The molecule has 1 fully saturated rings. The fourth-order valence-electron chi connectivity index (χ4n) is 2.33. The molecular formula is C13H18F2N2O. The number of nitrogens with zero attached hydrogens (tertiary/aromatic N) is 1. The topological polar surface area (TPSA) is 38.5 Å². The van der Waals surface area contributed by atoms with Gasteiger partial charge in [-0.05, 0) is 25.8 Å². The molecule has 3 nitrogen and oxygen atoms in total. The highest BCUT2D eigenvalue weighted by atomic mass is 19.1. The summed E-state index contributed by atoms with van der Waals surface area (Å²) in [4.78, 5) is 1.91. The van der Waals surface area contributed by atoms with Crippen LogP contribution < -0.4 is 10.6 Å². The number of ether oxygens (including phenoxy) is 1. The van der Waals surface area contributed by atoms with E-state index in [1.807, 2.05) is 11.8 Å². The first kappa shape index (κ1) is 13.1. The minimum atomic E-state index is -0.697. The zero-order chi connectivity index (χ0) is 13.1. The summed E-state index contributed by atoms with van der Waals surface area (Å²) in [5, 5.41) is 0. The maximum absolute atomic E-state index is 13.4. The van der Waals surface area contributed by atoms with Crippen molar-refractivity contribution in [1.29, 1.82) is 0 Å². The molecule has 1 saturated heterocycles. The number of hydrogen-bond donors (Lipinski definition) is 1. The van der Waals surface area contributed by atoms with Crippen LogP contribution in [0.4, 0.5) is 20.2 Å². The zero-order valence-corrected chi connectivity index (χ0v) is 10.5. The highest BCUT2D eigenvalue weighted by Gasteiger charge is 2.22. The number of halogens is 2. The summed E-state index contributed by atoms with van der Waals surface area (Å²) in [6.45, 7) is 4.07. The fourth-order valence-corrected chi connectivity index (χ4v) is 2.33. The van der Waals surface area contributed by atoms with Crippen LogP contribution in [0.5, 0.6) is 0 Å². The Morgan fingerprint density at radius 2 is 2.00 bits per heavy atom. The normalized spacial score (nSPS) is 17.2. The maximum Gasteiger partial charge on any atom is 0.151 e. The summed E-state index contributed by atoms with van der Waals surface area (Å²) in [7, 11) is 0. The predicted octanol–water partition coefficient (Wildman–Crippen LogP) is 2.55. The molecule has 2 rings (SSSR count). The number of piperidine rings is 1. The van der Waals surface area contributed by atoms with E-state index in [1.54, 1.807) is 0 Å². The van der Waals surface area contributed by atoms with E-state index >= 15 is 0 Å². The molecule has 18 heavy (non-hydrogen) atoms. The molecule has 0 saturated carbocycles. The van der Waals surface area contributed by atoms with Crippen LogP contribution in [0.25, 0.3) is 0 Å². The van der Waals surface area contributed by atoms with Gasteiger partial charge >= 0.3 is 0 Å². The van der Waals surface area contributed by atoms with Gasteiger partial charge in [-0.15, -0.1) is 0 Å². The lowest BCUT2D eigenvalue weighted by molar-refractivity contribution is 0.0459. The van der Waals surface area contributed by atoms with Gasteiger partial charge in [-0.3, -0.25) is 0 Å². The van der Waals surface area contributed by atoms with Crippen molar-refractivity contribution >= 4 is 11.4 Å². The Hall–Kier alpha value is -1.36. The van der Waals surface area contributed by atoms with Crippen LogP contribution in [0.3, 0.4) is 0 Å². The van der Waals surface area contributed by atoms with Crippen molar-refractivity contribution in [2.75, 3.05) is 30.3 Å². The molecule has 0 aliphatic carbocycles. The largest absolute Gasteiger partial charge is 0.395 e. The average molecular weight is 256 g/mol. The molecular weight excluding hydrogens is 238 g/mol. The lowest BCUT2D eigenvalue weighted by Gasteiger charge is -2.34. The number of anilines is 2. The summed E-state index contributed by atoms with van der Waals surface area (Å²) >= 11 is 0. The predicted molar refractivity (Wildman–Crippen MR) is 67.6 cm³/mol. The van der Waals surface area contributed by atoms with Crippen molar-refractivity contribution in [2.24, 2.45) is 0 Å². The third kappa shape index (κ3) is 2.72. The van der Waals surface area contributed by atoms with Crippen molar-refractivity contribution in [3.05, 3.63) is 23.8 Å². The summed E-state index contributed by atoms with van der Waals surface area (Å²) < 4.78 is 32.1. The van der Waals surface area contributed by atoms with Crippen LogP contribution in [0, 0.1) is 11.6 Å². The van der Waals surface area contributed by atoms with Gasteiger partial charge < -0.3 is 15.4 Å².